The molecule has 106 valence electrons. The van der Waals surface area contributed by atoms with E-state index in [2.05, 4.69) is 0 Å². The van der Waals surface area contributed by atoms with Gasteiger partial charge in [-0.05, 0) is 12.0 Å². The molecular formula is C13H16BNO4S. The Hall–Kier alpha value is -1.31. The summed E-state index contributed by atoms with van der Waals surface area (Å²) in [4.78, 5) is 24.6. The van der Waals surface area contributed by atoms with Gasteiger partial charge < -0.3 is 14.9 Å². The van der Waals surface area contributed by atoms with Crippen LogP contribution in [0.15, 0.2) is 24.3 Å². The molecule has 1 aromatic rings. The van der Waals surface area contributed by atoms with E-state index < -0.39 is 7.12 Å². The van der Waals surface area contributed by atoms with Gasteiger partial charge in [0.2, 0.25) is 5.91 Å². The molecule has 1 heterocycles. The van der Waals surface area contributed by atoms with Crippen LogP contribution in [0.1, 0.15) is 13.3 Å². The van der Waals surface area contributed by atoms with Gasteiger partial charge in [-0.3, -0.25) is 9.59 Å². The Bertz CT molecular complexity index is 523. The van der Waals surface area contributed by atoms with Crippen molar-refractivity contribution < 1.29 is 19.6 Å². The normalized spacial score (nSPS) is 18.4. The molecule has 1 atom stereocenters. The zero-order valence-electron chi connectivity index (χ0n) is 11.2. The lowest BCUT2D eigenvalue weighted by Gasteiger charge is -2.20. The molecule has 0 radical (unpaired) electrons. The van der Waals surface area contributed by atoms with Gasteiger partial charge in [0.1, 0.15) is 0 Å². The fourth-order valence-electron chi connectivity index (χ4n) is 2.31. The number of anilines is 1. The molecule has 0 spiro atoms. The van der Waals surface area contributed by atoms with Crippen LogP contribution in [0.4, 0.5) is 5.69 Å². The topological polar surface area (TPSA) is 77.8 Å². The summed E-state index contributed by atoms with van der Waals surface area (Å²) in [5.74, 6) is 0.675. The standard InChI is InChI=1S/C13H16BNO4S/c1-9(16)20-8-10-6-13(17)15(7-10)12-5-3-2-4-11(12)14(18)19/h2-5,10,18-19H,6-8H2,1H3. The first-order valence-electron chi connectivity index (χ1n) is 6.38. The van der Waals surface area contributed by atoms with E-state index in [-0.39, 0.29) is 16.9 Å². The second-order valence-electron chi connectivity index (χ2n) is 4.81. The van der Waals surface area contributed by atoms with Crippen LogP contribution < -0.4 is 10.4 Å². The molecular weight excluding hydrogens is 277 g/mol. The lowest BCUT2D eigenvalue weighted by molar-refractivity contribution is -0.117. The van der Waals surface area contributed by atoms with Gasteiger partial charge in [0.25, 0.3) is 0 Å². The monoisotopic (exact) mass is 293 g/mol. The van der Waals surface area contributed by atoms with Crippen molar-refractivity contribution in [3.05, 3.63) is 24.3 Å². The molecule has 20 heavy (non-hydrogen) atoms. The van der Waals surface area contributed by atoms with Crippen molar-refractivity contribution in [2.24, 2.45) is 5.92 Å². The molecule has 7 heteroatoms. The molecule has 1 unspecified atom stereocenters. The molecule has 0 aliphatic carbocycles. The van der Waals surface area contributed by atoms with E-state index in [1.165, 1.54) is 18.7 Å². The van der Waals surface area contributed by atoms with Gasteiger partial charge in [-0.1, -0.05) is 30.0 Å². The first kappa shape index (κ1) is 15.1. The molecule has 5 nitrogen and oxygen atoms in total. The first-order chi connectivity index (χ1) is 9.49. The summed E-state index contributed by atoms with van der Waals surface area (Å²) in [6, 6.07) is 6.74. The minimum Gasteiger partial charge on any atom is -0.423 e. The molecule has 1 aromatic carbocycles. The van der Waals surface area contributed by atoms with Gasteiger partial charge in [-0.15, -0.1) is 0 Å². The van der Waals surface area contributed by atoms with Crippen LogP contribution in [0, 0.1) is 5.92 Å². The first-order valence-corrected chi connectivity index (χ1v) is 7.36. The number of rotatable bonds is 4. The molecule has 1 amide bonds. The third-order valence-electron chi connectivity index (χ3n) is 3.23. The highest BCUT2D eigenvalue weighted by Gasteiger charge is 2.33. The Labute approximate surface area is 122 Å². The summed E-state index contributed by atoms with van der Waals surface area (Å²) < 4.78 is 0. The summed E-state index contributed by atoms with van der Waals surface area (Å²) in [7, 11) is -1.61. The van der Waals surface area contributed by atoms with Crippen molar-refractivity contribution in [2.45, 2.75) is 13.3 Å². The average Bonchev–Trinajstić information content (AvgIpc) is 2.77. The molecule has 0 saturated carbocycles. The van der Waals surface area contributed by atoms with Crippen molar-refractivity contribution in [1.82, 2.24) is 0 Å². The van der Waals surface area contributed by atoms with E-state index in [9.17, 15) is 19.6 Å². The van der Waals surface area contributed by atoms with Crippen molar-refractivity contribution in [3.8, 4) is 0 Å². The number of benzene rings is 1. The molecule has 1 aliphatic heterocycles. The molecule has 1 saturated heterocycles. The Kier molecular flexibility index (Phi) is 4.85. The van der Waals surface area contributed by atoms with Gasteiger partial charge in [0, 0.05) is 36.8 Å². The predicted molar refractivity (Wildman–Crippen MR) is 79.9 cm³/mol. The zero-order chi connectivity index (χ0) is 14.7. The van der Waals surface area contributed by atoms with Crippen molar-refractivity contribution >= 4 is 41.1 Å². The Morgan fingerprint density at radius 2 is 2.15 bits per heavy atom. The summed E-state index contributed by atoms with van der Waals surface area (Å²) in [6.45, 7) is 2.01. The van der Waals surface area contributed by atoms with Gasteiger partial charge in [-0.2, -0.15) is 0 Å². The van der Waals surface area contributed by atoms with Crippen molar-refractivity contribution in [3.63, 3.8) is 0 Å². The predicted octanol–water partition coefficient (Wildman–Crippen LogP) is -0.00100. The van der Waals surface area contributed by atoms with Gasteiger partial charge >= 0.3 is 7.12 Å². The quantitative estimate of drug-likeness (QED) is 0.764. The lowest BCUT2D eigenvalue weighted by Crippen LogP contribution is -2.38. The maximum absolute atomic E-state index is 12.1. The minimum atomic E-state index is -1.61. The van der Waals surface area contributed by atoms with Crippen molar-refractivity contribution in [1.29, 1.82) is 0 Å². The lowest BCUT2D eigenvalue weighted by atomic mass is 9.78. The smallest absolute Gasteiger partial charge is 0.423 e. The largest absolute Gasteiger partial charge is 0.490 e. The molecule has 2 N–H and O–H groups in total. The van der Waals surface area contributed by atoms with Gasteiger partial charge in [0.05, 0.1) is 0 Å². The number of thioether (sulfide) groups is 1. The number of amides is 1. The van der Waals surface area contributed by atoms with Crippen LogP contribution in [0.2, 0.25) is 0 Å². The highest BCUT2D eigenvalue weighted by atomic mass is 32.2. The third-order valence-corrected chi connectivity index (χ3v) is 4.28. The maximum atomic E-state index is 12.1. The Balaban J connectivity index is 2.14. The van der Waals surface area contributed by atoms with Crippen LogP contribution in [-0.2, 0) is 9.59 Å². The summed E-state index contributed by atoms with van der Waals surface area (Å²) in [5.41, 5.74) is 0.851. The second-order valence-corrected chi connectivity index (χ2v) is 6.01. The van der Waals surface area contributed by atoms with E-state index >= 15 is 0 Å². The van der Waals surface area contributed by atoms with Crippen LogP contribution in [0.3, 0.4) is 0 Å². The summed E-state index contributed by atoms with van der Waals surface area (Å²) in [6.07, 6.45) is 0.385. The highest BCUT2D eigenvalue weighted by molar-refractivity contribution is 8.13. The number of para-hydroxylation sites is 1. The SMILES string of the molecule is CC(=O)SCC1CC(=O)N(c2ccccc2B(O)O)C1. The van der Waals surface area contributed by atoms with Gasteiger partial charge in [0.15, 0.2) is 5.12 Å². The van der Waals surface area contributed by atoms with E-state index in [1.54, 1.807) is 29.2 Å². The summed E-state index contributed by atoms with van der Waals surface area (Å²) >= 11 is 1.22. The number of carbonyl (C=O) groups is 2. The number of hydrogen-bond donors (Lipinski definition) is 2. The van der Waals surface area contributed by atoms with E-state index in [4.69, 9.17) is 0 Å². The van der Waals surface area contributed by atoms with Crippen LogP contribution in [0.25, 0.3) is 0 Å². The molecule has 1 fully saturated rings. The number of nitrogens with zero attached hydrogens (tertiary/aromatic N) is 1. The van der Waals surface area contributed by atoms with Crippen LogP contribution in [0.5, 0.6) is 0 Å². The zero-order valence-corrected chi connectivity index (χ0v) is 12.0. The molecule has 0 aromatic heterocycles. The van der Waals surface area contributed by atoms with Crippen LogP contribution >= 0.6 is 11.8 Å². The van der Waals surface area contributed by atoms with Crippen molar-refractivity contribution in [2.75, 3.05) is 17.2 Å². The molecule has 2 rings (SSSR count). The highest BCUT2D eigenvalue weighted by Crippen LogP contribution is 2.26. The van der Waals surface area contributed by atoms with E-state index in [0.29, 0.717) is 29.9 Å². The second kappa shape index (κ2) is 6.43. The average molecular weight is 293 g/mol. The Morgan fingerprint density at radius 3 is 2.80 bits per heavy atom. The van der Waals surface area contributed by atoms with E-state index in [0.717, 1.165) is 0 Å². The number of hydrogen-bond acceptors (Lipinski definition) is 5. The summed E-state index contributed by atoms with van der Waals surface area (Å²) in [5, 5.41) is 18.8. The van der Waals surface area contributed by atoms with E-state index in [1.807, 2.05) is 0 Å². The molecule has 1 aliphatic rings. The molecule has 0 bridgehead atoms. The Morgan fingerprint density at radius 1 is 1.45 bits per heavy atom. The fourth-order valence-corrected chi connectivity index (χ4v) is 3.01. The number of carbonyl (C=O) groups excluding carboxylic acids is 2. The van der Waals surface area contributed by atoms with Gasteiger partial charge in [-0.25, -0.2) is 0 Å². The maximum Gasteiger partial charge on any atom is 0.490 e. The fraction of sp³-hybridized carbons (Fsp3) is 0.385. The minimum absolute atomic E-state index is 0.0436. The van der Waals surface area contributed by atoms with Crippen LogP contribution in [-0.4, -0.2) is 40.5 Å². The third kappa shape index (κ3) is 3.42.